The summed E-state index contributed by atoms with van der Waals surface area (Å²) in [6.07, 6.45) is 1.04. The number of carbonyl (C=O) groups is 3. The minimum atomic E-state index is -1.65. The number of ketones is 2. The molecular formula is C26H18O12. The fraction of sp³-hybridized carbons (Fsp3) is 0.231. The maximum atomic E-state index is 12.8. The molecule has 0 fully saturated rings. The molecule has 194 valence electrons. The van der Waals surface area contributed by atoms with Crippen LogP contribution < -0.4 is 10.4 Å². The van der Waals surface area contributed by atoms with Crippen LogP contribution in [-0.4, -0.2) is 59.0 Å². The second-order valence-electron chi connectivity index (χ2n) is 8.96. The molecule has 1 aromatic carbocycles. The SMILES string of the molecule is COC(=O)c1cc2cc3c(c(O)c2c(=O)o1)O[C@]1(C=C2C(=C(O)C4=C(C(=O)C=C(OC)C4=O)C2O)O1)CC3. The van der Waals surface area contributed by atoms with Crippen LogP contribution in [0.4, 0.5) is 0 Å². The number of aromatic hydroxyl groups is 1. The van der Waals surface area contributed by atoms with Crippen LogP contribution in [0, 0.1) is 0 Å². The maximum absolute atomic E-state index is 12.8. The lowest BCUT2D eigenvalue weighted by Gasteiger charge is -2.34. The summed E-state index contributed by atoms with van der Waals surface area (Å²) in [6, 6.07) is 2.82. The predicted molar refractivity (Wildman–Crippen MR) is 124 cm³/mol. The average Bonchev–Trinajstić information content (AvgIpc) is 3.27. The van der Waals surface area contributed by atoms with Gasteiger partial charge in [0.1, 0.15) is 11.5 Å². The van der Waals surface area contributed by atoms with E-state index in [9.17, 15) is 34.5 Å². The van der Waals surface area contributed by atoms with Crippen molar-refractivity contribution >= 4 is 28.3 Å². The Hall–Kier alpha value is -4.84. The summed E-state index contributed by atoms with van der Waals surface area (Å²) in [5.74, 6) is -6.27. The van der Waals surface area contributed by atoms with Crippen LogP contribution in [0.15, 0.2) is 67.5 Å². The highest BCUT2D eigenvalue weighted by molar-refractivity contribution is 6.24. The van der Waals surface area contributed by atoms with Gasteiger partial charge in [-0.05, 0) is 29.5 Å². The molecule has 1 spiro atoms. The minimum absolute atomic E-state index is 0.00243. The van der Waals surface area contributed by atoms with Gasteiger partial charge >= 0.3 is 11.6 Å². The third-order valence-electron chi connectivity index (χ3n) is 6.86. The number of benzene rings is 1. The minimum Gasteiger partial charge on any atom is -0.504 e. The number of Topliss-reactive ketones (excluding diaryl/α,β-unsaturated/α-hetero) is 1. The summed E-state index contributed by atoms with van der Waals surface area (Å²) in [7, 11) is 2.32. The summed E-state index contributed by atoms with van der Waals surface area (Å²) in [4.78, 5) is 49.9. The molecule has 1 unspecified atom stereocenters. The predicted octanol–water partition coefficient (Wildman–Crippen LogP) is 1.39. The number of aliphatic hydroxyl groups excluding tert-OH is 2. The zero-order valence-electron chi connectivity index (χ0n) is 19.8. The molecule has 12 heteroatoms. The van der Waals surface area contributed by atoms with E-state index in [0.717, 1.165) is 13.2 Å². The Bertz CT molecular complexity index is 1700. The number of carbonyl (C=O) groups excluding carboxylic acids is 3. The van der Waals surface area contributed by atoms with Gasteiger partial charge in [-0.25, -0.2) is 9.59 Å². The van der Waals surface area contributed by atoms with Crippen molar-refractivity contribution in [1.82, 2.24) is 0 Å². The van der Waals surface area contributed by atoms with Crippen LogP contribution in [0.3, 0.4) is 0 Å². The van der Waals surface area contributed by atoms with Crippen molar-refractivity contribution in [1.29, 1.82) is 0 Å². The lowest BCUT2D eigenvalue weighted by Crippen LogP contribution is -2.38. The van der Waals surface area contributed by atoms with Crippen LogP contribution in [0.1, 0.15) is 22.5 Å². The highest BCUT2D eigenvalue weighted by Crippen LogP contribution is 2.51. The molecule has 3 N–H and O–H groups in total. The highest BCUT2D eigenvalue weighted by atomic mass is 16.7. The molecule has 0 radical (unpaired) electrons. The zero-order valence-corrected chi connectivity index (χ0v) is 19.8. The monoisotopic (exact) mass is 522 g/mol. The third kappa shape index (κ3) is 3.07. The van der Waals surface area contributed by atoms with Gasteiger partial charge in [-0.15, -0.1) is 0 Å². The molecular weight excluding hydrogens is 504 g/mol. The standard InChI is InChI=1S/C26H18O12/c1-34-13-7-12(27)16-17(19(13)29)21(31)23-11(18(16)28)8-26(38-23)4-3-9-5-10-6-14(24(32)35-2)36-25(33)15(10)20(30)22(9)37-26/h5-8,18,28,30-31H,3-4H2,1-2H3/t18?,26-/m1/s1. The number of methoxy groups -OCH3 is 2. The van der Waals surface area contributed by atoms with Gasteiger partial charge in [-0.1, -0.05) is 0 Å². The van der Waals surface area contributed by atoms with E-state index in [1.807, 2.05) is 0 Å². The van der Waals surface area contributed by atoms with Gasteiger partial charge in [-0.2, -0.15) is 0 Å². The fourth-order valence-corrected chi connectivity index (χ4v) is 5.09. The van der Waals surface area contributed by atoms with E-state index in [1.165, 1.54) is 19.3 Å². The van der Waals surface area contributed by atoms with E-state index >= 15 is 0 Å². The topological polar surface area (TPSA) is 179 Å². The van der Waals surface area contributed by atoms with Crippen molar-refractivity contribution in [2.75, 3.05) is 14.2 Å². The van der Waals surface area contributed by atoms with E-state index in [1.54, 1.807) is 6.07 Å². The van der Waals surface area contributed by atoms with Crippen LogP contribution in [0.2, 0.25) is 0 Å². The van der Waals surface area contributed by atoms with Crippen molar-refractivity contribution in [2.24, 2.45) is 0 Å². The maximum Gasteiger partial charge on any atom is 0.374 e. The Labute approximate surface area is 212 Å². The number of esters is 1. The number of phenolic OH excluding ortho intramolecular Hbond substituents is 1. The summed E-state index contributed by atoms with van der Waals surface area (Å²) < 4.78 is 26.4. The largest absolute Gasteiger partial charge is 0.504 e. The van der Waals surface area contributed by atoms with Gasteiger partial charge in [0.2, 0.25) is 11.5 Å². The Morgan fingerprint density at radius 2 is 1.89 bits per heavy atom. The second-order valence-corrected chi connectivity index (χ2v) is 8.96. The van der Waals surface area contributed by atoms with Crippen LogP contribution in [0.25, 0.3) is 10.8 Å². The molecule has 2 aliphatic carbocycles. The lowest BCUT2D eigenvalue weighted by molar-refractivity contribution is -0.121. The molecule has 3 heterocycles. The summed E-state index contributed by atoms with van der Waals surface area (Å²) in [6.45, 7) is 0. The number of aliphatic hydroxyl groups is 2. The fourth-order valence-electron chi connectivity index (χ4n) is 5.09. The molecule has 6 rings (SSSR count). The van der Waals surface area contributed by atoms with Crippen LogP contribution >= 0.6 is 0 Å². The number of ether oxygens (including phenoxy) is 4. The van der Waals surface area contributed by atoms with Crippen molar-refractivity contribution in [2.45, 2.75) is 24.7 Å². The molecule has 0 bridgehead atoms. The number of fused-ring (bicyclic) bond motifs is 3. The normalized spacial score (nSPS) is 23.8. The van der Waals surface area contributed by atoms with Crippen molar-refractivity contribution in [3.05, 3.63) is 80.0 Å². The van der Waals surface area contributed by atoms with E-state index in [2.05, 4.69) is 4.74 Å². The first kappa shape index (κ1) is 23.6. The molecule has 2 atom stereocenters. The van der Waals surface area contributed by atoms with Gasteiger partial charge in [-0.3, -0.25) is 9.59 Å². The van der Waals surface area contributed by atoms with Crippen molar-refractivity contribution in [3.63, 3.8) is 0 Å². The first-order valence-electron chi connectivity index (χ1n) is 11.3. The molecule has 38 heavy (non-hydrogen) atoms. The molecule has 12 nitrogen and oxygen atoms in total. The van der Waals surface area contributed by atoms with Gasteiger partial charge in [0, 0.05) is 29.7 Å². The second kappa shape index (κ2) is 7.83. The van der Waals surface area contributed by atoms with E-state index in [4.69, 9.17) is 18.6 Å². The smallest absolute Gasteiger partial charge is 0.374 e. The average molecular weight is 522 g/mol. The quantitative estimate of drug-likeness (QED) is 0.382. The molecule has 0 amide bonds. The highest BCUT2D eigenvalue weighted by Gasteiger charge is 2.52. The molecule has 2 aromatic rings. The van der Waals surface area contributed by atoms with Gasteiger partial charge in [0.05, 0.1) is 19.8 Å². The van der Waals surface area contributed by atoms with Gasteiger partial charge in [0.25, 0.3) is 5.79 Å². The Kier molecular flexibility index (Phi) is 4.85. The number of allylic oxidation sites excluding steroid dienone is 3. The van der Waals surface area contributed by atoms with Crippen molar-refractivity contribution < 1.29 is 53.1 Å². The van der Waals surface area contributed by atoms with Gasteiger partial charge < -0.3 is 38.7 Å². The van der Waals surface area contributed by atoms with E-state index in [0.29, 0.717) is 5.56 Å². The summed E-state index contributed by atoms with van der Waals surface area (Å²) in [5.41, 5.74) is -1.28. The number of aryl methyl sites for hydroxylation is 1. The Morgan fingerprint density at radius 3 is 2.61 bits per heavy atom. The number of rotatable bonds is 2. The Morgan fingerprint density at radius 1 is 1.13 bits per heavy atom. The van der Waals surface area contributed by atoms with Gasteiger partial charge in [0.15, 0.2) is 34.6 Å². The molecule has 0 saturated heterocycles. The van der Waals surface area contributed by atoms with E-state index < -0.39 is 52.1 Å². The van der Waals surface area contributed by atoms with Crippen LogP contribution in [0.5, 0.6) is 11.5 Å². The van der Waals surface area contributed by atoms with E-state index in [-0.39, 0.29) is 57.8 Å². The molecule has 2 aliphatic heterocycles. The van der Waals surface area contributed by atoms with Crippen molar-refractivity contribution in [3.8, 4) is 11.5 Å². The first-order valence-corrected chi connectivity index (χ1v) is 11.3. The summed E-state index contributed by atoms with van der Waals surface area (Å²) >= 11 is 0. The first-order chi connectivity index (χ1) is 18.1. The van der Waals surface area contributed by atoms with Crippen LogP contribution in [-0.2, 0) is 30.2 Å². The third-order valence-corrected chi connectivity index (χ3v) is 6.86. The molecule has 0 saturated carbocycles. The molecule has 1 aromatic heterocycles. The Balaban J connectivity index is 1.43. The lowest BCUT2D eigenvalue weighted by atomic mass is 9.81. The summed E-state index contributed by atoms with van der Waals surface area (Å²) in [5, 5.41) is 32.8. The number of hydrogen-bond acceptors (Lipinski definition) is 12. The number of phenols is 1. The molecule has 4 aliphatic rings. The number of hydrogen-bond donors (Lipinski definition) is 3. The zero-order chi connectivity index (χ0) is 27.1.